The van der Waals surface area contributed by atoms with Crippen LogP contribution in [0.4, 0.5) is 5.82 Å². The first kappa shape index (κ1) is 16.3. The van der Waals surface area contributed by atoms with Gasteiger partial charge in [0, 0.05) is 24.8 Å². The highest BCUT2D eigenvalue weighted by atomic mass is 16.5. The molecule has 1 aliphatic heterocycles. The molecule has 0 spiro atoms. The molecule has 2 aromatic rings. The lowest BCUT2D eigenvalue weighted by molar-refractivity contribution is -0.00549. The largest absolute Gasteiger partial charge is 0.480 e. The average molecular weight is 328 g/mol. The molecule has 2 aromatic heterocycles. The molecule has 0 saturated carbocycles. The van der Waals surface area contributed by atoms with Crippen LogP contribution in [0, 0.1) is 0 Å². The van der Waals surface area contributed by atoms with E-state index in [4.69, 9.17) is 9.47 Å². The Balaban J connectivity index is 1.94. The number of hydrogen-bond acceptors (Lipinski definition) is 7. The van der Waals surface area contributed by atoms with Gasteiger partial charge in [-0.2, -0.15) is 0 Å². The van der Waals surface area contributed by atoms with Crippen LogP contribution in [0.2, 0.25) is 0 Å². The Labute approximate surface area is 140 Å². The van der Waals surface area contributed by atoms with Crippen LogP contribution in [-0.4, -0.2) is 53.6 Å². The molecule has 126 valence electrons. The third kappa shape index (κ3) is 3.35. The zero-order chi connectivity index (χ0) is 17.1. The van der Waals surface area contributed by atoms with Gasteiger partial charge in [0.25, 0.3) is 0 Å². The number of carbonyl (C=O) groups excluding carboxylic acids is 1. The van der Waals surface area contributed by atoms with E-state index in [1.165, 1.54) is 13.3 Å². The second-order valence-electron chi connectivity index (χ2n) is 5.86. The number of aldehydes is 1. The van der Waals surface area contributed by atoms with Crippen molar-refractivity contribution in [3.8, 4) is 17.1 Å². The molecule has 1 aliphatic rings. The molecule has 3 heterocycles. The molecule has 7 heteroatoms. The van der Waals surface area contributed by atoms with Gasteiger partial charge in [0.1, 0.15) is 5.82 Å². The minimum Gasteiger partial charge on any atom is -0.480 e. The maximum atomic E-state index is 11.6. The zero-order valence-corrected chi connectivity index (χ0v) is 14.0. The van der Waals surface area contributed by atoms with Crippen molar-refractivity contribution in [1.29, 1.82) is 0 Å². The Morgan fingerprint density at radius 2 is 2.00 bits per heavy atom. The van der Waals surface area contributed by atoms with E-state index in [1.54, 1.807) is 18.5 Å². The summed E-state index contributed by atoms with van der Waals surface area (Å²) in [5.41, 5.74) is 1.86. The first-order valence-corrected chi connectivity index (χ1v) is 7.82. The molecule has 3 rings (SSSR count). The topological polar surface area (TPSA) is 77.4 Å². The molecule has 24 heavy (non-hydrogen) atoms. The molecule has 0 bridgehead atoms. The number of carbonyl (C=O) groups is 1. The third-order valence-electron chi connectivity index (χ3n) is 3.86. The number of methoxy groups -OCH3 is 1. The van der Waals surface area contributed by atoms with Gasteiger partial charge in [0.05, 0.1) is 43.0 Å². The molecule has 1 saturated heterocycles. The van der Waals surface area contributed by atoms with Crippen molar-refractivity contribution in [3.63, 3.8) is 0 Å². The second kappa shape index (κ2) is 6.92. The van der Waals surface area contributed by atoms with Gasteiger partial charge in [-0.15, -0.1) is 0 Å². The van der Waals surface area contributed by atoms with E-state index in [1.807, 2.05) is 13.8 Å². The highest BCUT2D eigenvalue weighted by Gasteiger charge is 2.25. The van der Waals surface area contributed by atoms with Crippen molar-refractivity contribution in [2.75, 3.05) is 25.1 Å². The fourth-order valence-corrected chi connectivity index (χ4v) is 2.90. The zero-order valence-electron chi connectivity index (χ0n) is 14.0. The quantitative estimate of drug-likeness (QED) is 0.794. The summed E-state index contributed by atoms with van der Waals surface area (Å²) in [6, 6.07) is 1.78. The Morgan fingerprint density at radius 1 is 1.25 bits per heavy atom. The van der Waals surface area contributed by atoms with Gasteiger partial charge in [-0.3, -0.25) is 9.78 Å². The molecule has 7 nitrogen and oxygen atoms in total. The van der Waals surface area contributed by atoms with Crippen molar-refractivity contribution in [2.24, 2.45) is 0 Å². The summed E-state index contributed by atoms with van der Waals surface area (Å²) >= 11 is 0. The van der Waals surface area contributed by atoms with E-state index in [-0.39, 0.29) is 12.2 Å². The first-order valence-electron chi connectivity index (χ1n) is 7.82. The van der Waals surface area contributed by atoms with Gasteiger partial charge in [-0.25, -0.2) is 9.97 Å². The second-order valence-corrected chi connectivity index (χ2v) is 5.86. The molecule has 1 fully saturated rings. The van der Waals surface area contributed by atoms with E-state index in [2.05, 4.69) is 19.9 Å². The van der Waals surface area contributed by atoms with Gasteiger partial charge in [-0.05, 0) is 19.9 Å². The molecule has 0 amide bonds. The molecule has 0 radical (unpaired) electrons. The highest BCUT2D eigenvalue weighted by Crippen LogP contribution is 2.26. The Hall–Kier alpha value is -2.54. The van der Waals surface area contributed by atoms with Crippen LogP contribution in [0.1, 0.15) is 24.2 Å². The minimum absolute atomic E-state index is 0.0963. The van der Waals surface area contributed by atoms with Crippen LogP contribution in [0.5, 0.6) is 5.88 Å². The smallest absolute Gasteiger partial charge is 0.232 e. The fourth-order valence-electron chi connectivity index (χ4n) is 2.90. The van der Waals surface area contributed by atoms with Gasteiger partial charge in [-0.1, -0.05) is 0 Å². The fraction of sp³-hybridized carbons (Fsp3) is 0.412. The summed E-state index contributed by atoms with van der Waals surface area (Å²) in [7, 11) is 1.53. The van der Waals surface area contributed by atoms with Crippen molar-refractivity contribution in [3.05, 3.63) is 30.2 Å². The maximum Gasteiger partial charge on any atom is 0.232 e. The van der Waals surface area contributed by atoms with E-state index in [9.17, 15) is 4.79 Å². The lowest BCUT2D eigenvalue weighted by Crippen LogP contribution is -2.46. The van der Waals surface area contributed by atoms with Crippen LogP contribution < -0.4 is 9.64 Å². The van der Waals surface area contributed by atoms with Crippen LogP contribution in [0.3, 0.4) is 0 Å². The number of aromatic nitrogens is 3. The number of ether oxygens (including phenoxy) is 2. The van der Waals surface area contributed by atoms with E-state index in [0.29, 0.717) is 36.0 Å². The molecule has 2 atom stereocenters. The summed E-state index contributed by atoms with van der Waals surface area (Å²) < 4.78 is 10.8. The van der Waals surface area contributed by atoms with E-state index >= 15 is 0 Å². The summed E-state index contributed by atoms with van der Waals surface area (Å²) in [6.45, 7) is 5.44. The number of morpholine rings is 1. The predicted octanol–water partition coefficient (Wildman–Crippen LogP) is 1.97. The Morgan fingerprint density at radius 3 is 2.67 bits per heavy atom. The lowest BCUT2D eigenvalue weighted by atomic mass is 10.1. The minimum atomic E-state index is 0.0963. The monoisotopic (exact) mass is 328 g/mol. The summed E-state index contributed by atoms with van der Waals surface area (Å²) in [6.07, 6.45) is 5.87. The van der Waals surface area contributed by atoms with Crippen molar-refractivity contribution >= 4 is 12.1 Å². The van der Waals surface area contributed by atoms with Gasteiger partial charge in [0.15, 0.2) is 6.29 Å². The predicted molar refractivity (Wildman–Crippen MR) is 89.4 cm³/mol. The van der Waals surface area contributed by atoms with Crippen LogP contribution in [0.25, 0.3) is 11.3 Å². The molecular weight excluding hydrogens is 308 g/mol. The normalized spacial score (nSPS) is 20.7. The van der Waals surface area contributed by atoms with Crippen molar-refractivity contribution in [1.82, 2.24) is 15.0 Å². The van der Waals surface area contributed by atoms with Gasteiger partial charge >= 0.3 is 0 Å². The summed E-state index contributed by atoms with van der Waals surface area (Å²) in [5, 5.41) is 0. The summed E-state index contributed by atoms with van der Waals surface area (Å²) in [4.78, 5) is 26.6. The number of nitrogens with zero attached hydrogens (tertiary/aromatic N) is 4. The SMILES string of the molecule is COc1cncc(-c2cnc(N3CC(C)OC(C)C3)c(C=O)c2)n1. The van der Waals surface area contributed by atoms with Crippen molar-refractivity contribution in [2.45, 2.75) is 26.1 Å². The molecular formula is C17H20N4O3. The summed E-state index contributed by atoms with van der Waals surface area (Å²) in [5.74, 6) is 1.09. The Kier molecular flexibility index (Phi) is 4.71. The number of pyridine rings is 1. The average Bonchev–Trinajstić information content (AvgIpc) is 2.60. The lowest BCUT2D eigenvalue weighted by Gasteiger charge is -2.36. The Bertz CT molecular complexity index is 728. The standard InChI is InChI=1S/C17H20N4O3/c1-11-8-21(9-12(2)24-11)17-14(10-22)4-13(5-19-17)15-6-18-7-16(20-15)23-3/h4-7,10-12H,8-9H2,1-3H3. The molecule has 2 unspecified atom stereocenters. The first-order chi connectivity index (χ1) is 11.6. The third-order valence-corrected chi connectivity index (χ3v) is 3.86. The van der Waals surface area contributed by atoms with Crippen LogP contribution in [0.15, 0.2) is 24.7 Å². The van der Waals surface area contributed by atoms with Crippen LogP contribution in [-0.2, 0) is 4.74 Å². The maximum absolute atomic E-state index is 11.6. The van der Waals surface area contributed by atoms with Crippen molar-refractivity contribution < 1.29 is 14.3 Å². The number of hydrogen-bond donors (Lipinski definition) is 0. The van der Waals surface area contributed by atoms with E-state index in [0.717, 1.165) is 11.8 Å². The van der Waals surface area contributed by atoms with Gasteiger partial charge < -0.3 is 14.4 Å². The molecule has 0 N–H and O–H groups in total. The molecule has 0 aromatic carbocycles. The van der Waals surface area contributed by atoms with E-state index < -0.39 is 0 Å². The van der Waals surface area contributed by atoms with Crippen LogP contribution >= 0.6 is 0 Å². The highest BCUT2D eigenvalue weighted by molar-refractivity contribution is 5.85. The number of rotatable bonds is 4. The van der Waals surface area contributed by atoms with Gasteiger partial charge in [0.2, 0.25) is 5.88 Å². The molecule has 0 aliphatic carbocycles. The number of anilines is 1.